The SMILES string of the molecule is CCCCCCC(=O)NCCOC(=O)c1cc(Cl)cc(Cl)c1. The number of benzene rings is 1. The fourth-order valence-corrected chi connectivity index (χ4v) is 2.42. The molecule has 0 bridgehead atoms. The highest BCUT2D eigenvalue weighted by atomic mass is 35.5. The number of esters is 1. The van der Waals surface area contributed by atoms with Gasteiger partial charge in [0.1, 0.15) is 6.61 Å². The van der Waals surface area contributed by atoms with Crippen LogP contribution in [0.3, 0.4) is 0 Å². The molecular formula is C16H21Cl2NO3. The molecule has 0 radical (unpaired) electrons. The van der Waals surface area contributed by atoms with Crippen LogP contribution in [0.1, 0.15) is 49.4 Å². The van der Waals surface area contributed by atoms with Gasteiger partial charge in [-0.2, -0.15) is 0 Å². The molecule has 0 heterocycles. The van der Waals surface area contributed by atoms with E-state index in [4.69, 9.17) is 27.9 Å². The van der Waals surface area contributed by atoms with Gasteiger partial charge >= 0.3 is 5.97 Å². The van der Waals surface area contributed by atoms with E-state index in [1.165, 1.54) is 12.1 Å². The Kier molecular flexibility index (Phi) is 8.94. The second-order valence-corrected chi connectivity index (χ2v) is 5.83. The third-order valence-corrected chi connectivity index (χ3v) is 3.45. The van der Waals surface area contributed by atoms with E-state index in [0.29, 0.717) is 28.6 Å². The van der Waals surface area contributed by atoms with Crippen molar-refractivity contribution in [2.75, 3.05) is 13.2 Å². The third kappa shape index (κ3) is 7.66. The van der Waals surface area contributed by atoms with Gasteiger partial charge in [-0.1, -0.05) is 49.4 Å². The predicted octanol–water partition coefficient (Wildman–Crippen LogP) is 4.24. The molecule has 0 spiro atoms. The predicted molar refractivity (Wildman–Crippen MR) is 88.5 cm³/mol. The van der Waals surface area contributed by atoms with Gasteiger partial charge in [0.15, 0.2) is 0 Å². The quantitative estimate of drug-likeness (QED) is 0.538. The van der Waals surface area contributed by atoms with Crippen molar-refractivity contribution in [2.24, 2.45) is 0 Å². The third-order valence-electron chi connectivity index (χ3n) is 3.01. The Hall–Kier alpha value is -1.26. The summed E-state index contributed by atoms with van der Waals surface area (Å²) in [5.74, 6) is -0.528. The highest BCUT2D eigenvalue weighted by Crippen LogP contribution is 2.19. The lowest BCUT2D eigenvalue weighted by molar-refractivity contribution is -0.121. The van der Waals surface area contributed by atoms with E-state index in [0.717, 1.165) is 25.7 Å². The van der Waals surface area contributed by atoms with Gasteiger partial charge in [0.2, 0.25) is 5.91 Å². The largest absolute Gasteiger partial charge is 0.460 e. The van der Waals surface area contributed by atoms with Crippen LogP contribution in [0.2, 0.25) is 10.0 Å². The van der Waals surface area contributed by atoms with E-state index in [-0.39, 0.29) is 12.5 Å². The lowest BCUT2D eigenvalue weighted by Crippen LogP contribution is -2.27. The summed E-state index contributed by atoms with van der Waals surface area (Å²) in [5, 5.41) is 3.47. The molecule has 0 saturated carbocycles. The molecular weight excluding hydrogens is 325 g/mol. The lowest BCUT2D eigenvalue weighted by atomic mass is 10.1. The first-order valence-corrected chi connectivity index (χ1v) is 8.18. The Labute approximate surface area is 141 Å². The first-order valence-electron chi connectivity index (χ1n) is 7.43. The Bertz CT molecular complexity index is 486. The Morgan fingerprint density at radius 2 is 1.77 bits per heavy atom. The normalized spacial score (nSPS) is 10.3. The number of rotatable bonds is 9. The van der Waals surface area contributed by atoms with Crippen LogP contribution in [0.25, 0.3) is 0 Å². The van der Waals surface area contributed by atoms with Crippen LogP contribution >= 0.6 is 23.2 Å². The number of halogens is 2. The number of hydrogen-bond donors (Lipinski definition) is 1. The molecule has 0 fully saturated rings. The molecule has 0 saturated heterocycles. The van der Waals surface area contributed by atoms with Crippen molar-refractivity contribution < 1.29 is 14.3 Å². The molecule has 22 heavy (non-hydrogen) atoms. The number of carbonyl (C=O) groups excluding carboxylic acids is 2. The number of ether oxygens (including phenoxy) is 1. The summed E-state index contributed by atoms with van der Waals surface area (Å²) in [6.07, 6.45) is 4.75. The van der Waals surface area contributed by atoms with Crippen LogP contribution in [-0.4, -0.2) is 25.0 Å². The van der Waals surface area contributed by atoms with Crippen LogP contribution in [0.15, 0.2) is 18.2 Å². The standard InChI is InChI=1S/C16H21Cl2NO3/c1-2-3-4-5-6-15(20)19-7-8-22-16(21)12-9-13(17)11-14(18)10-12/h9-11H,2-8H2,1H3,(H,19,20). The van der Waals surface area contributed by atoms with Crippen LogP contribution in [0, 0.1) is 0 Å². The van der Waals surface area contributed by atoms with Crippen molar-refractivity contribution >= 4 is 35.1 Å². The van der Waals surface area contributed by atoms with Gasteiger partial charge in [0.05, 0.1) is 12.1 Å². The molecule has 1 amide bonds. The van der Waals surface area contributed by atoms with E-state index < -0.39 is 5.97 Å². The van der Waals surface area contributed by atoms with Crippen molar-refractivity contribution in [3.8, 4) is 0 Å². The number of hydrogen-bond acceptors (Lipinski definition) is 3. The van der Waals surface area contributed by atoms with Crippen LogP contribution in [0.4, 0.5) is 0 Å². The highest BCUT2D eigenvalue weighted by Gasteiger charge is 2.09. The fraction of sp³-hybridized carbons (Fsp3) is 0.500. The number of unbranched alkanes of at least 4 members (excludes halogenated alkanes) is 3. The van der Waals surface area contributed by atoms with Gasteiger partial charge in [-0.05, 0) is 24.6 Å². The molecule has 6 heteroatoms. The zero-order valence-electron chi connectivity index (χ0n) is 12.7. The second-order valence-electron chi connectivity index (χ2n) is 4.95. The zero-order valence-corrected chi connectivity index (χ0v) is 14.2. The zero-order chi connectivity index (χ0) is 16.4. The van der Waals surface area contributed by atoms with Gasteiger partial charge < -0.3 is 10.1 Å². The van der Waals surface area contributed by atoms with Gasteiger partial charge in [-0.15, -0.1) is 0 Å². The van der Waals surface area contributed by atoms with Crippen molar-refractivity contribution in [3.05, 3.63) is 33.8 Å². The fourth-order valence-electron chi connectivity index (χ4n) is 1.89. The summed E-state index contributed by atoms with van der Waals surface area (Å²) < 4.78 is 5.06. The lowest BCUT2D eigenvalue weighted by Gasteiger charge is -2.07. The molecule has 0 atom stereocenters. The van der Waals surface area contributed by atoms with Gasteiger partial charge in [-0.25, -0.2) is 4.79 Å². The first-order chi connectivity index (χ1) is 10.5. The molecule has 1 rings (SSSR count). The summed E-state index contributed by atoms with van der Waals surface area (Å²) in [5.41, 5.74) is 0.295. The maximum absolute atomic E-state index is 11.8. The van der Waals surface area contributed by atoms with Crippen molar-refractivity contribution in [1.82, 2.24) is 5.32 Å². The monoisotopic (exact) mass is 345 g/mol. The molecule has 1 aromatic rings. The molecule has 4 nitrogen and oxygen atoms in total. The van der Waals surface area contributed by atoms with Crippen molar-refractivity contribution in [3.63, 3.8) is 0 Å². The molecule has 0 aromatic heterocycles. The minimum absolute atomic E-state index is 0.0158. The number of carbonyl (C=O) groups is 2. The van der Waals surface area contributed by atoms with E-state index in [2.05, 4.69) is 12.2 Å². The topological polar surface area (TPSA) is 55.4 Å². The van der Waals surface area contributed by atoms with E-state index >= 15 is 0 Å². The van der Waals surface area contributed by atoms with Crippen molar-refractivity contribution in [1.29, 1.82) is 0 Å². The summed E-state index contributed by atoms with van der Waals surface area (Å²) in [4.78, 5) is 23.3. The summed E-state index contributed by atoms with van der Waals surface area (Å²) >= 11 is 11.6. The van der Waals surface area contributed by atoms with Gasteiger partial charge in [0.25, 0.3) is 0 Å². The van der Waals surface area contributed by atoms with E-state index in [1.54, 1.807) is 6.07 Å². The number of nitrogens with one attached hydrogen (secondary N) is 1. The average Bonchev–Trinajstić information content (AvgIpc) is 2.47. The van der Waals surface area contributed by atoms with E-state index in [1.807, 2.05) is 0 Å². The minimum atomic E-state index is -0.512. The number of amides is 1. The molecule has 1 aromatic carbocycles. The van der Waals surface area contributed by atoms with Gasteiger partial charge in [-0.3, -0.25) is 4.79 Å². The molecule has 1 N–H and O–H groups in total. The molecule has 122 valence electrons. The average molecular weight is 346 g/mol. The first kappa shape index (κ1) is 18.8. The Morgan fingerprint density at radius 1 is 1.09 bits per heavy atom. The molecule has 0 unspecified atom stereocenters. The van der Waals surface area contributed by atoms with Crippen molar-refractivity contribution in [2.45, 2.75) is 39.0 Å². The van der Waals surface area contributed by atoms with Crippen LogP contribution < -0.4 is 5.32 Å². The Morgan fingerprint density at radius 3 is 2.41 bits per heavy atom. The maximum Gasteiger partial charge on any atom is 0.338 e. The second kappa shape index (κ2) is 10.5. The Balaban J connectivity index is 2.21. The van der Waals surface area contributed by atoms with E-state index in [9.17, 15) is 9.59 Å². The summed E-state index contributed by atoms with van der Waals surface area (Å²) in [6, 6.07) is 4.52. The molecule has 0 aliphatic heterocycles. The smallest absolute Gasteiger partial charge is 0.338 e. The van der Waals surface area contributed by atoms with Gasteiger partial charge in [0, 0.05) is 16.5 Å². The highest BCUT2D eigenvalue weighted by molar-refractivity contribution is 6.35. The minimum Gasteiger partial charge on any atom is -0.460 e. The summed E-state index contributed by atoms with van der Waals surface area (Å²) in [7, 11) is 0. The molecule has 0 aliphatic rings. The molecule has 0 aliphatic carbocycles. The maximum atomic E-state index is 11.8. The van der Waals surface area contributed by atoms with Crippen LogP contribution in [0.5, 0.6) is 0 Å². The summed E-state index contributed by atoms with van der Waals surface area (Å²) in [6.45, 7) is 2.54. The van der Waals surface area contributed by atoms with Crippen LogP contribution in [-0.2, 0) is 9.53 Å².